The minimum Gasteiger partial charge on any atom is -0.493 e. The van der Waals surface area contributed by atoms with Crippen LogP contribution in [0.1, 0.15) is 18.4 Å². The zero-order chi connectivity index (χ0) is 27.3. The maximum Gasteiger partial charge on any atom is 0.140 e. The van der Waals surface area contributed by atoms with Gasteiger partial charge in [-0.2, -0.15) is 10.4 Å². The molecule has 1 fully saturated rings. The van der Waals surface area contributed by atoms with E-state index >= 15 is 0 Å². The van der Waals surface area contributed by atoms with E-state index in [1.807, 2.05) is 54.4 Å². The van der Waals surface area contributed by atoms with Crippen LogP contribution in [0.25, 0.3) is 28.2 Å². The molecule has 5 aromatic rings. The van der Waals surface area contributed by atoms with Crippen molar-refractivity contribution in [2.24, 2.45) is 13.0 Å². The summed E-state index contributed by atoms with van der Waals surface area (Å²) in [6, 6.07) is 16.5. The summed E-state index contributed by atoms with van der Waals surface area (Å²) in [5.41, 5.74) is 5.87. The zero-order valence-electron chi connectivity index (χ0n) is 22.4. The van der Waals surface area contributed by atoms with E-state index in [1.165, 1.54) is 0 Å². The van der Waals surface area contributed by atoms with Gasteiger partial charge in [-0.1, -0.05) is 24.3 Å². The van der Waals surface area contributed by atoms with Gasteiger partial charge in [-0.3, -0.25) is 14.0 Å². The van der Waals surface area contributed by atoms with Gasteiger partial charge in [0, 0.05) is 43.7 Å². The Morgan fingerprint density at radius 1 is 1.02 bits per heavy atom. The Bertz CT molecular complexity index is 1630. The average molecular weight is 534 g/mol. The number of aryl methyl sites for hydroxylation is 1. The van der Waals surface area contributed by atoms with Gasteiger partial charge in [0.05, 0.1) is 43.0 Å². The molecule has 10 heteroatoms. The summed E-state index contributed by atoms with van der Waals surface area (Å²) < 4.78 is 9.93. The molecule has 0 unspecified atom stereocenters. The predicted octanol–water partition coefficient (Wildman–Crippen LogP) is 4.42. The number of hydrogen-bond acceptors (Lipinski definition) is 8. The molecule has 0 bridgehead atoms. The highest BCUT2D eigenvalue weighted by Crippen LogP contribution is 2.25. The molecule has 0 saturated carbocycles. The molecular weight excluding hydrogens is 502 g/mol. The molecule has 0 atom stereocenters. The van der Waals surface area contributed by atoms with E-state index in [-0.39, 0.29) is 0 Å². The number of hydrogen-bond donors (Lipinski definition) is 1. The molecule has 6 rings (SSSR count). The Morgan fingerprint density at radius 2 is 1.88 bits per heavy atom. The molecule has 0 spiro atoms. The topological polar surface area (TPSA) is 109 Å². The second kappa shape index (κ2) is 11.6. The number of nitrogens with one attached hydrogen (secondary N) is 1. The lowest BCUT2D eigenvalue weighted by atomic mass is 9.98. The zero-order valence-corrected chi connectivity index (χ0v) is 22.4. The Kier molecular flexibility index (Phi) is 7.37. The Hall–Kier alpha value is -4.75. The van der Waals surface area contributed by atoms with Crippen molar-refractivity contribution >= 4 is 11.5 Å². The van der Waals surface area contributed by atoms with Crippen molar-refractivity contribution in [1.82, 2.24) is 34.0 Å². The van der Waals surface area contributed by atoms with E-state index in [0.717, 1.165) is 71.2 Å². The van der Waals surface area contributed by atoms with Crippen LogP contribution >= 0.6 is 0 Å². The van der Waals surface area contributed by atoms with Gasteiger partial charge < -0.3 is 10.1 Å². The molecular formula is C30H31N9O. The molecule has 0 radical (unpaired) electrons. The third-order valence-electron chi connectivity index (χ3n) is 7.37. The molecule has 10 nitrogen and oxygen atoms in total. The maximum absolute atomic E-state index is 8.88. The predicted molar refractivity (Wildman–Crippen MR) is 152 cm³/mol. The second-order valence-corrected chi connectivity index (χ2v) is 10.2. The van der Waals surface area contributed by atoms with Crippen molar-refractivity contribution in [3.63, 3.8) is 0 Å². The number of nitrogens with zero attached hydrogens (tertiary/aromatic N) is 8. The molecule has 202 valence electrons. The van der Waals surface area contributed by atoms with Gasteiger partial charge in [-0.15, -0.1) is 0 Å². The summed E-state index contributed by atoms with van der Waals surface area (Å²) in [5, 5.41) is 16.5. The number of likely N-dealkylation sites (tertiary alicyclic amines) is 1. The van der Waals surface area contributed by atoms with Gasteiger partial charge in [0.1, 0.15) is 23.5 Å². The van der Waals surface area contributed by atoms with E-state index in [9.17, 15) is 0 Å². The third kappa shape index (κ3) is 5.80. The summed E-state index contributed by atoms with van der Waals surface area (Å²) in [4.78, 5) is 15.7. The van der Waals surface area contributed by atoms with E-state index in [1.54, 1.807) is 11.0 Å². The van der Waals surface area contributed by atoms with Gasteiger partial charge >= 0.3 is 0 Å². The van der Waals surface area contributed by atoms with Crippen LogP contribution in [0, 0.1) is 17.2 Å². The maximum atomic E-state index is 8.88. The van der Waals surface area contributed by atoms with Gasteiger partial charge in [-0.25, -0.2) is 15.0 Å². The van der Waals surface area contributed by atoms with Gasteiger partial charge in [0.2, 0.25) is 0 Å². The van der Waals surface area contributed by atoms with E-state index in [2.05, 4.69) is 60.6 Å². The molecule has 0 amide bonds. The fraction of sp³-hybridized carbons (Fsp3) is 0.300. The first-order valence-corrected chi connectivity index (χ1v) is 13.5. The van der Waals surface area contributed by atoms with Gasteiger partial charge in [0.25, 0.3) is 0 Å². The number of piperidine rings is 1. The van der Waals surface area contributed by atoms with E-state index in [4.69, 9.17) is 10.00 Å². The van der Waals surface area contributed by atoms with Gasteiger partial charge in [-0.05, 0) is 49.0 Å². The summed E-state index contributed by atoms with van der Waals surface area (Å²) in [5.74, 6) is 2.06. The van der Waals surface area contributed by atoms with Crippen LogP contribution in [-0.2, 0) is 13.6 Å². The standard InChI is InChI=1S/C30H31N9O/c1-37-19-25(17-36-37)24-4-2-22(3-5-24)16-32-29-15-27(34-21-35-29)28-18-33-30-14-26(8-12-39(28)30)40-20-23-6-10-38(11-7-23)13-9-31/h2-5,8,12,14-15,17-19,21,23H,6-7,10-11,13,16,20H2,1H3,(H,32,34,35). The summed E-state index contributed by atoms with van der Waals surface area (Å²) in [6.45, 7) is 3.75. The molecule has 1 aliphatic heterocycles. The Balaban J connectivity index is 1.08. The molecule has 1 aromatic carbocycles. The highest BCUT2D eigenvalue weighted by molar-refractivity contribution is 5.64. The normalized spacial score (nSPS) is 14.3. The lowest BCUT2D eigenvalue weighted by Gasteiger charge is -2.30. The number of pyridine rings is 1. The Morgan fingerprint density at radius 3 is 2.65 bits per heavy atom. The van der Waals surface area contributed by atoms with Crippen molar-refractivity contribution in [2.75, 3.05) is 31.6 Å². The molecule has 1 N–H and O–H groups in total. The van der Waals surface area contributed by atoms with Crippen molar-refractivity contribution in [3.8, 4) is 34.3 Å². The van der Waals surface area contributed by atoms with Gasteiger partial charge in [0.15, 0.2) is 0 Å². The fourth-order valence-electron chi connectivity index (χ4n) is 5.04. The van der Waals surface area contributed by atoms with Crippen LogP contribution in [0.15, 0.2) is 73.6 Å². The highest BCUT2D eigenvalue weighted by Gasteiger charge is 2.19. The molecule has 1 saturated heterocycles. The number of anilines is 1. The van der Waals surface area contributed by atoms with Crippen LogP contribution < -0.4 is 10.1 Å². The molecule has 40 heavy (non-hydrogen) atoms. The molecule has 5 heterocycles. The van der Waals surface area contributed by atoms with Crippen LogP contribution in [0.5, 0.6) is 5.75 Å². The van der Waals surface area contributed by atoms with Crippen molar-refractivity contribution < 1.29 is 4.74 Å². The van der Waals surface area contributed by atoms with Crippen LogP contribution in [0.4, 0.5) is 5.82 Å². The smallest absolute Gasteiger partial charge is 0.140 e. The minimum atomic E-state index is 0.507. The fourth-order valence-corrected chi connectivity index (χ4v) is 5.04. The number of benzene rings is 1. The Labute approximate surface area is 232 Å². The van der Waals surface area contributed by atoms with Crippen LogP contribution in [0.2, 0.25) is 0 Å². The van der Waals surface area contributed by atoms with E-state index in [0.29, 0.717) is 25.6 Å². The lowest BCUT2D eigenvalue weighted by Crippen LogP contribution is -2.35. The van der Waals surface area contributed by atoms with E-state index < -0.39 is 0 Å². The summed E-state index contributed by atoms with van der Waals surface area (Å²) in [7, 11) is 1.92. The first-order valence-electron chi connectivity index (χ1n) is 13.5. The number of imidazole rings is 1. The molecule has 1 aliphatic rings. The quantitative estimate of drug-likeness (QED) is 0.278. The highest BCUT2D eigenvalue weighted by atomic mass is 16.5. The second-order valence-electron chi connectivity index (χ2n) is 10.2. The van der Waals surface area contributed by atoms with Crippen molar-refractivity contribution in [1.29, 1.82) is 5.26 Å². The number of nitriles is 1. The number of fused-ring (bicyclic) bond motifs is 1. The third-order valence-corrected chi connectivity index (χ3v) is 7.37. The molecule has 4 aromatic heterocycles. The first-order chi connectivity index (χ1) is 19.6. The van der Waals surface area contributed by atoms with Crippen LogP contribution in [-0.4, -0.2) is 60.3 Å². The monoisotopic (exact) mass is 533 g/mol. The average Bonchev–Trinajstić information content (AvgIpc) is 3.62. The molecule has 0 aliphatic carbocycles. The van der Waals surface area contributed by atoms with Crippen molar-refractivity contribution in [3.05, 3.63) is 79.1 Å². The van der Waals surface area contributed by atoms with Crippen molar-refractivity contribution in [2.45, 2.75) is 19.4 Å². The largest absolute Gasteiger partial charge is 0.493 e. The first kappa shape index (κ1) is 25.5. The van der Waals surface area contributed by atoms with Crippen LogP contribution in [0.3, 0.4) is 0 Å². The lowest BCUT2D eigenvalue weighted by molar-refractivity contribution is 0.151. The minimum absolute atomic E-state index is 0.507. The summed E-state index contributed by atoms with van der Waals surface area (Å²) in [6.07, 6.45) is 11.4. The summed E-state index contributed by atoms with van der Waals surface area (Å²) >= 11 is 0. The number of ether oxygens (including phenoxy) is 1. The number of aromatic nitrogens is 6. The SMILES string of the molecule is Cn1cc(-c2ccc(CNc3cc(-c4cnc5cc(OCC6CCN(CC#N)CC6)ccn45)ncn3)cc2)cn1. The number of rotatable bonds is 9.